The Morgan fingerprint density at radius 3 is 2.95 bits per heavy atom. The van der Waals surface area contributed by atoms with Gasteiger partial charge in [-0.2, -0.15) is 0 Å². The van der Waals surface area contributed by atoms with Crippen molar-refractivity contribution in [1.82, 2.24) is 4.90 Å². The molecule has 2 rings (SSSR count). The number of hydrogen-bond acceptors (Lipinski definition) is 3. The van der Waals surface area contributed by atoms with Crippen molar-refractivity contribution in [2.75, 3.05) is 33.4 Å². The van der Waals surface area contributed by atoms with E-state index in [1.165, 1.54) is 31.5 Å². The second-order valence-electron chi connectivity index (χ2n) is 6.23. The minimum absolute atomic E-state index is 0.738. The van der Waals surface area contributed by atoms with Crippen LogP contribution in [-0.4, -0.2) is 38.3 Å². The lowest BCUT2D eigenvalue weighted by Crippen LogP contribution is -2.35. The normalized spacial score (nSPS) is 18.9. The molecule has 1 fully saturated rings. The van der Waals surface area contributed by atoms with Gasteiger partial charge in [-0.15, -0.1) is 6.58 Å². The van der Waals surface area contributed by atoms with Gasteiger partial charge in [0.25, 0.3) is 0 Å². The highest BCUT2D eigenvalue weighted by atomic mass is 16.5. The molecule has 0 N–H and O–H groups in total. The van der Waals surface area contributed by atoms with Crippen LogP contribution in [0.15, 0.2) is 30.9 Å². The van der Waals surface area contributed by atoms with Crippen LogP contribution in [0.5, 0.6) is 11.5 Å². The van der Waals surface area contributed by atoms with Crippen LogP contribution in [0.4, 0.5) is 0 Å². The van der Waals surface area contributed by atoms with Crippen molar-refractivity contribution in [2.24, 2.45) is 5.92 Å². The highest BCUT2D eigenvalue weighted by Gasteiger charge is 2.15. The SMILES string of the molecule is C=CCc1ccc(OCCCN2CCC[C@H](C)C2)c(OC)c1. The summed E-state index contributed by atoms with van der Waals surface area (Å²) < 4.78 is 11.3. The van der Waals surface area contributed by atoms with Gasteiger partial charge < -0.3 is 14.4 Å². The Bertz CT molecular complexity index is 473. The molecule has 1 atom stereocenters. The summed E-state index contributed by atoms with van der Waals surface area (Å²) >= 11 is 0. The minimum atomic E-state index is 0.738. The van der Waals surface area contributed by atoms with E-state index in [0.29, 0.717) is 0 Å². The second kappa shape index (κ2) is 8.84. The first-order valence-corrected chi connectivity index (χ1v) is 8.36. The predicted octanol–water partition coefficient (Wildman–Crippen LogP) is 3.92. The van der Waals surface area contributed by atoms with E-state index in [4.69, 9.17) is 9.47 Å². The van der Waals surface area contributed by atoms with Crippen LogP contribution in [0.3, 0.4) is 0 Å². The minimum Gasteiger partial charge on any atom is -0.493 e. The molecule has 0 aromatic heterocycles. The topological polar surface area (TPSA) is 21.7 Å². The van der Waals surface area contributed by atoms with Crippen LogP contribution >= 0.6 is 0 Å². The van der Waals surface area contributed by atoms with E-state index >= 15 is 0 Å². The quantitative estimate of drug-likeness (QED) is 0.536. The Kier molecular flexibility index (Phi) is 6.78. The van der Waals surface area contributed by atoms with E-state index in [1.807, 2.05) is 18.2 Å². The molecule has 122 valence electrons. The number of ether oxygens (including phenoxy) is 2. The van der Waals surface area contributed by atoms with Gasteiger partial charge in [-0.3, -0.25) is 0 Å². The standard InChI is InChI=1S/C19H29NO2/c1-4-7-17-9-10-18(19(14-17)21-3)22-13-6-12-20-11-5-8-16(2)15-20/h4,9-10,14,16H,1,5-8,11-13,15H2,2-3H3/t16-/m0/s1. The maximum absolute atomic E-state index is 5.90. The van der Waals surface area contributed by atoms with Gasteiger partial charge in [0.15, 0.2) is 11.5 Å². The molecule has 1 saturated heterocycles. The van der Waals surface area contributed by atoms with E-state index in [0.717, 1.165) is 43.4 Å². The Balaban J connectivity index is 1.77. The number of nitrogens with zero attached hydrogens (tertiary/aromatic N) is 1. The zero-order valence-electron chi connectivity index (χ0n) is 14.0. The van der Waals surface area contributed by atoms with Gasteiger partial charge in [-0.05, 0) is 55.8 Å². The largest absolute Gasteiger partial charge is 0.493 e. The highest BCUT2D eigenvalue weighted by Crippen LogP contribution is 2.28. The fourth-order valence-corrected chi connectivity index (χ4v) is 3.08. The molecule has 3 heteroatoms. The lowest BCUT2D eigenvalue weighted by Gasteiger charge is -2.30. The van der Waals surface area contributed by atoms with E-state index < -0.39 is 0 Å². The molecule has 1 aromatic carbocycles. The summed E-state index contributed by atoms with van der Waals surface area (Å²) in [5.41, 5.74) is 1.20. The van der Waals surface area contributed by atoms with E-state index in [-0.39, 0.29) is 0 Å². The highest BCUT2D eigenvalue weighted by molar-refractivity contribution is 5.43. The summed E-state index contributed by atoms with van der Waals surface area (Å²) in [6.45, 7) is 10.5. The first kappa shape index (κ1) is 16.9. The van der Waals surface area contributed by atoms with Gasteiger partial charge in [0, 0.05) is 13.1 Å². The third-order valence-electron chi connectivity index (χ3n) is 4.23. The number of methoxy groups -OCH3 is 1. The molecule has 0 spiro atoms. The second-order valence-corrected chi connectivity index (χ2v) is 6.23. The van der Waals surface area contributed by atoms with Crippen LogP contribution in [0.2, 0.25) is 0 Å². The van der Waals surface area contributed by atoms with Crippen LogP contribution in [0.1, 0.15) is 31.7 Å². The van der Waals surface area contributed by atoms with Crippen molar-refractivity contribution >= 4 is 0 Å². The lowest BCUT2D eigenvalue weighted by molar-refractivity contribution is 0.169. The summed E-state index contributed by atoms with van der Waals surface area (Å²) in [5.74, 6) is 2.49. The Labute approximate surface area is 134 Å². The molecule has 22 heavy (non-hydrogen) atoms. The van der Waals surface area contributed by atoms with E-state index in [2.05, 4.69) is 24.5 Å². The van der Waals surface area contributed by atoms with Crippen molar-refractivity contribution in [1.29, 1.82) is 0 Å². The Morgan fingerprint density at radius 2 is 2.23 bits per heavy atom. The van der Waals surface area contributed by atoms with Crippen molar-refractivity contribution in [3.05, 3.63) is 36.4 Å². The van der Waals surface area contributed by atoms with Gasteiger partial charge in [0.2, 0.25) is 0 Å². The molecule has 1 aromatic rings. The molecule has 0 saturated carbocycles. The molecule has 0 radical (unpaired) electrons. The van der Waals surface area contributed by atoms with Gasteiger partial charge in [0.1, 0.15) is 0 Å². The Morgan fingerprint density at radius 1 is 1.36 bits per heavy atom. The number of likely N-dealkylation sites (tertiary alicyclic amines) is 1. The summed E-state index contributed by atoms with van der Waals surface area (Å²) in [7, 11) is 1.69. The van der Waals surface area contributed by atoms with Crippen LogP contribution in [0.25, 0.3) is 0 Å². The molecule has 0 amide bonds. The molecule has 0 unspecified atom stereocenters. The summed E-state index contributed by atoms with van der Waals surface area (Å²) in [6.07, 6.45) is 6.52. The first-order valence-electron chi connectivity index (χ1n) is 8.36. The van der Waals surface area contributed by atoms with Crippen LogP contribution in [-0.2, 0) is 6.42 Å². The average Bonchev–Trinajstić information content (AvgIpc) is 2.53. The summed E-state index contributed by atoms with van der Waals surface area (Å²) in [6, 6.07) is 6.11. The fraction of sp³-hybridized carbons (Fsp3) is 0.579. The first-order chi connectivity index (χ1) is 10.7. The van der Waals surface area contributed by atoms with Crippen LogP contribution in [0, 0.1) is 5.92 Å². The maximum atomic E-state index is 5.90. The smallest absolute Gasteiger partial charge is 0.161 e. The Hall–Kier alpha value is -1.48. The molecule has 1 aliphatic rings. The van der Waals surface area contributed by atoms with Crippen molar-refractivity contribution < 1.29 is 9.47 Å². The molecule has 3 nitrogen and oxygen atoms in total. The zero-order valence-corrected chi connectivity index (χ0v) is 14.0. The van der Waals surface area contributed by atoms with Gasteiger partial charge in [-0.1, -0.05) is 19.1 Å². The van der Waals surface area contributed by atoms with Gasteiger partial charge >= 0.3 is 0 Å². The van der Waals surface area contributed by atoms with Crippen LogP contribution < -0.4 is 9.47 Å². The monoisotopic (exact) mass is 303 g/mol. The van der Waals surface area contributed by atoms with Crippen molar-refractivity contribution in [2.45, 2.75) is 32.6 Å². The van der Waals surface area contributed by atoms with Gasteiger partial charge in [-0.25, -0.2) is 0 Å². The van der Waals surface area contributed by atoms with E-state index in [9.17, 15) is 0 Å². The molecule has 0 aliphatic carbocycles. The molecular weight excluding hydrogens is 274 g/mol. The maximum Gasteiger partial charge on any atom is 0.161 e. The number of allylic oxidation sites excluding steroid dienone is 1. The predicted molar refractivity (Wildman–Crippen MR) is 91.8 cm³/mol. The van der Waals surface area contributed by atoms with Crippen molar-refractivity contribution in [3.8, 4) is 11.5 Å². The van der Waals surface area contributed by atoms with E-state index in [1.54, 1.807) is 7.11 Å². The molecular formula is C19H29NO2. The molecule has 1 aliphatic heterocycles. The molecule has 0 bridgehead atoms. The third kappa shape index (κ3) is 5.06. The lowest BCUT2D eigenvalue weighted by atomic mass is 10.0. The number of rotatable bonds is 8. The third-order valence-corrected chi connectivity index (χ3v) is 4.23. The summed E-state index contributed by atoms with van der Waals surface area (Å²) in [4.78, 5) is 2.56. The van der Waals surface area contributed by atoms with Crippen molar-refractivity contribution in [3.63, 3.8) is 0 Å². The number of piperidine rings is 1. The number of benzene rings is 1. The zero-order chi connectivity index (χ0) is 15.8. The van der Waals surface area contributed by atoms with Gasteiger partial charge in [0.05, 0.1) is 13.7 Å². The average molecular weight is 303 g/mol. The number of hydrogen-bond donors (Lipinski definition) is 0. The molecule has 1 heterocycles. The fourth-order valence-electron chi connectivity index (χ4n) is 3.08. The summed E-state index contributed by atoms with van der Waals surface area (Å²) in [5, 5.41) is 0.